The average Bonchev–Trinajstić information content (AvgIpc) is 2.97. The highest BCUT2D eigenvalue weighted by molar-refractivity contribution is 9.10. The lowest BCUT2D eigenvalue weighted by Gasteiger charge is -2.10. The number of benzene rings is 1. The average molecular weight is 376 g/mol. The number of pyridine rings is 1. The van der Waals surface area contributed by atoms with Crippen LogP contribution in [0.1, 0.15) is 10.4 Å². The predicted octanol–water partition coefficient (Wildman–Crippen LogP) is 2.23. The van der Waals surface area contributed by atoms with Gasteiger partial charge < -0.3 is 15.7 Å². The van der Waals surface area contributed by atoms with Gasteiger partial charge in [0.25, 0.3) is 0 Å². The number of hydrogen-bond acceptors (Lipinski definition) is 6. The second-order valence-electron chi connectivity index (χ2n) is 4.46. The molecular formula is C14H10BrN5O3. The number of aromatic carboxylic acids is 1. The van der Waals surface area contributed by atoms with E-state index < -0.39 is 5.97 Å². The number of anilines is 1. The van der Waals surface area contributed by atoms with Gasteiger partial charge in [0.05, 0.1) is 0 Å². The van der Waals surface area contributed by atoms with Crippen LogP contribution in [0.25, 0.3) is 11.5 Å². The number of nitrogens with zero attached hydrogens (tertiary/aromatic N) is 4. The Morgan fingerprint density at radius 1 is 1.30 bits per heavy atom. The summed E-state index contributed by atoms with van der Waals surface area (Å²) < 4.78 is 1.86. The Labute approximate surface area is 138 Å². The minimum absolute atomic E-state index is 0.000408. The Hall–Kier alpha value is -2.94. The van der Waals surface area contributed by atoms with Crippen molar-refractivity contribution in [1.82, 2.24) is 19.9 Å². The van der Waals surface area contributed by atoms with Gasteiger partial charge in [-0.3, -0.25) is 0 Å². The van der Waals surface area contributed by atoms with Crippen molar-refractivity contribution in [3.05, 3.63) is 52.8 Å². The molecule has 0 radical (unpaired) electrons. The summed E-state index contributed by atoms with van der Waals surface area (Å²) in [5.74, 6) is -0.341. The second kappa shape index (κ2) is 6.05. The van der Waals surface area contributed by atoms with E-state index in [1.54, 1.807) is 24.3 Å². The Bertz CT molecular complexity index is 880. The molecule has 3 aromatic rings. The van der Waals surface area contributed by atoms with Gasteiger partial charge in [0.15, 0.2) is 12.1 Å². The molecule has 0 unspecified atom stereocenters. The van der Waals surface area contributed by atoms with Crippen LogP contribution in [0.5, 0.6) is 5.75 Å². The highest BCUT2D eigenvalue weighted by atomic mass is 79.9. The topological polar surface area (TPSA) is 116 Å². The van der Waals surface area contributed by atoms with Crippen molar-refractivity contribution in [1.29, 1.82) is 0 Å². The lowest BCUT2D eigenvalue weighted by molar-refractivity contribution is 0.0688. The summed E-state index contributed by atoms with van der Waals surface area (Å²) in [4.78, 5) is 21.1. The fourth-order valence-corrected chi connectivity index (χ4v) is 2.25. The molecular weight excluding hydrogens is 366 g/mol. The smallest absolute Gasteiger partial charge is 0.339 e. The SMILES string of the molecule is Nc1cccc(-c2nncn2Oc2ccc(Br)cc2C(=O)O)n1. The molecule has 0 aliphatic carbocycles. The second-order valence-corrected chi connectivity index (χ2v) is 5.38. The molecule has 0 spiro atoms. The molecule has 0 saturated carbocycles. The summed E-state index contributed by atoms with van der Waals surface area (Å²) in [7, 11) is 0. The van der Waals surface area contributed by atoms with Crippen LogP contribution >= 0.6 is 15.9 Å². The minimum atomic E-state index is -1.11. The molecule has 3 rings (SSSR count). The molecule has 1 aromatic carbocycles. The molecule has 0 aliphatic rings. The Morgan fingerprint density at radius 2 is 2.13 bits per heavy atom. The normalized spacial score (nSPS) is 10.5. The van der Waals surface area contributed by atoms with Crippen molar-refractivity contribution >= 4 is 27.7 Å². The third kappa shape index (κ3) is 3.14. The molecule has 0 atom stereocenters. The zero-order valence-electron chi connectivity index (χ0n) is 11.5. The van der Waals surface area contributed by atoms with Gasteiger partial charge in [-0.2, -0.15) is 0 Å². The zero-order valence-corrected chi connectivity index (χ0v) is 13.1. The number of nitrogen functional groups attached to an aromatic ring is 1. The number of nitrogens with two attached hydrogens (primary N) is 1. The maximum absolute atomic E-state index is 11.3. The van der Waals surface area contributed by atoms with Crippen molar-refractivity contribution in [3.8, 4) is 17.3 Å². The molecule has 2 aromatic heterocycles. The Kier molecular flexibility index (Phi) is 3.94. The van der Waals surface area contributed by atoms with Gasteiger partial charge in [0.1, 0.15) is 17.1 Å². The van der Waals surface area contributed by atoms with Gasteiger partial charge in [-0.1, -0.05) is 22.0 Å². The predicted molar refractivity (Wildman–Crippen MR) is 84.8 cm³/mol. The third-order valence-corrected chi connectivity index (χ3v) is 3.38. The molecule has 0 amide bonds. The van der Waals surface area contributed by atoms with Crippen molar-refractivity contribution < 1.29 is 14.7 Å². The first-order chi connectivity index (χ1) is 11.0. The van der Waals surface area contributed by atoms with Crippen LogP contribution in [-0.4, -0.2) is 31.0 Å². The molecule has 0 saturated heterocycles. The lowest BCUT2D eigenvalue weighted by Crippen LogP contribution is -2.10. The van der Waals surface area contributed by atoms with Crippen molar-refractivity contribution in [3.63, 3.8) is 0 Å². The van der Waals surface area contributed by atoms with E-state index in [1.807, 2.05) is 0 Å². The number of carboxylic acid groups (broad SMARTS) is 1. The first kappa shape index (κ1) is 15.0. The molecule has 9 heteroatoms. The van der Waals surface area contributed by atoms with Crippen LogP contribution in [-0.2, 0) is 0 Å². The summed E-state index contributed by atoms with van der Waals surface area (Å²) in [6, 6.07) is 9.70. The summed E-state index contributed by atoms with van der Waals surface area (Å²) in [6.07, 6.45) is 1.31. The monoisotopic (exact) mass is 375 g/mol. The third-order valence-electron chi connectivity index (χ3n) is 2.89. The van der Waals surface area contributed by atoms with Crippen LogP contribution in [0, 0.1) is 0 Å². The van der Waals surface area contributed by atoms with Gasteiger partial charge in [-0.25, -0.2) is 9.78 Å². The molecule has 23 heavy (non-hydrogen) atoms. The number of carbonyl (C=O) groups is 1. The van der Waals surface area contributed by atoms with Crippen LogP contribution in [0.3, 0.4) is 0 Å². The Morgan fingerprint density at radius 3 is 2.87 bits per heavy atom. The first-order valence-corrected chi connectivity index (χ1v) is 7.18. The van der Waals surface area contributed by atoms with Crippen molar-refractivity contribution in [2.45, 2.75) is 0 Å². The van der Waals surface area contributed by atoms with Crippen LogP contribution in [0.15, 0.2) is 47.2 Å². The van der Waals surface area contributed by atoms with Crippen molar-refractivity contribution in [2.75, 3.05) is 5.73 Å². The largest absolute Gasteiger partial charge is 0.478 e. The van der Waals surface area contributed by atoms with Gasteiger partial charge in [0.2, 0.25) is 5.82 Å². The quantitative estimate of drug-likeness (QED) is 0.717. The van der Waals surface area contributed by atoms with Gasteiger partial charge in [0, 0.05) is 4.47 Å². The molecule has 0 bridgehead atoms. The van der Waals surface area contributed by atoms with Crippen molar-refractivity contribution in [2.24, 2.45) is 0 Å². The molecule has 116 valence electrons. The van der Waals surface area contributed by atoms with Crippen LogP contribution in [0.2, 0.25) is 0 Å². The molecule has 8 nitrogen and oxygen atoms in total. The van der Waals surface area contributed by atoms with Gasteiger partial charge in [-0.05, 0) is 30.3 Å². The number of carboxylic acids is 1. The van der Waals surface area contributed by atoms with E-state index in [-0.39, 0.29) is 11.3 Å². The maximum atomic E-state index is 11.3. The van der Waals surface area contributed by atoms with E-state index in [2.05, 4.69) is 31.1 Å². The number of hydrogen-bond donors (Lipinski definition) is 2. The fourth-order valence-electron chi connectivity index (χ4n) is 1.89. The fraction of sp³-hybridized carbons (Fsp3) is 0. The molecule has 3 N–H and O–H groups in total. The van der Waals surface area contributed by atoms with E-state index in [0.717, 1.165) is 0 Å². The summed E-state index contributed by atoms with van der Waals surface area (Å²) in [6.45, 7) is 0. The molecule has 0 aliphatic heterocycles. The van der Waals surface area contributed by atoms with Crippen LogP contribution < -0.4 is 10.6 Å². The molecule has 2 heterocycles. The van der Waals surface area contributed by atoms with E-state index in [4.69, 9.17) is 10.6 Å². The van der Waals surface area contributed by atoms with E-state index in [9.17, 15) is 9.90 Å². The Balaban J connectivity index is 2.00. The first-order valence-electron chi connectivity index (χ1n) is 6.38. The van der Waals surface area contributed by atoms with E-state index in [0.29, 0.717) is 21.8 Å². The van der Waals surface area contributed by atoms with Gasteiger partial charge in [-0.15, -0.1) is 14.9 Å². The number of halogens is 1. The van der Waals surface area contributed by atoms with E-state index in [1.165, 1.54) is 23.2 Å². The highest BCUT2D eigenvalue weighted by Crippen LogP contribution is 2.25. The van der Waals surface area contributed by atoms with Gasteiger partial charge >= 0.3 is 5.97 Å². The van der Waals surface area contributed by atoms with Crippen LogP contribution in [0.4, 0.5) is 5.82 Å². The lowest BCUT2D eigenvalue weighted by atomic mass is 10.2. The number of rotatable bonds is 4. The summed E-state index contributed by atoms with van der Waals surface area (Å²) in [5, 5.41) is 17.0. The molecule has 0 fully saturated rings. The summed E-state index contributed by atoms with van der Waals surface area (Å²) in [5.41, 5.74) is 6.11. The minimum Gasteiger partial charge on any atom is -0.478 e. The summed E-state index contributed by atoms with van der Waals surface area (Å²) >= 11 is 3.23. The highest BCUT2D eigenvalue weighted by Gasteiger charge is 2.16. The zero-order chi connectivity index (χ0) is 16.4. The standard InChI is InChI=1S/C14H10BrN5O3/c15-8-4-5-11(9(6-8)14(21)22)23-20-7-17-19-13(20)10-2-1-3-12(16)18-10/h1-7H,(H2,16,18)(H,21,22). The van der Waals surface area contributed by atoms with E-state index >= 15 is 0 Å². The number of aromatic nitrogens is 4. The maximum Gasteiger partial charge on any atom is 0.339 e.